The number of carbonyl (C=O) groups excluding carboxylic acids is 1. The number of amides is 1. The van der Waals surface area contributed by atoms with E-state index >= 15 is 0 Å². The van der Waals surface area contributed by atoms with Gasteiger partial charge in [-0.2, -0.15) is 0 Å². The van der Waals surface area contributed by atoms with Crippen LogP contribution in [-0.4, -0.2) is 44.7 Å². The van der Waals surface area contributed by atoms with Crippen LogP contribution in [0.1, 0.15) is 0 Å². The van der Waals surface area contributed by atoms with E-state index in [-0.39, 0.29) is 18.3 Å². The van der Waals surface area contributed by atoms with Gasteiger partial charge in [0.15, 0.2) is 0 Å². The van der Waals surface area contributed by atoms with Gasteiger partial charge < -0.3 is 14.8 Å². The Morgan fingerprint density at radius 2 is 1.71 bits per heavy atom. The Hall–Kier alpha value is -2.60. The van der Waals surface area contributed by atoms with Crippen LogP contribution in [0.4, 0.5) is 10.1 Å². The Bertz CT molecular complexity index is 644. The third-order valence-electron chi connectivity index (χ3n) is 3.34. The zero-order valence-electron chi connectivity index (χ0n) is 13.8. The molecule has 128 valence electrons. The summed E-state index contributed by atoms with van der Waals surface area (Å²) in [5, 5.41) is 2.82. The van der Waals surface area contributed by atoms with E-state index in [9.17, 15) is 9.18 Å². The predicted molar refractivity (Wildman–Crippen MR) is 91.0 cm³/mol. The Morgan fingerprint density at radius 1 is 1.08 bits per heavy atom. The highest BCUT2D eigenvalue weighted by atomic mass is 19.1. The summed E-state index contributed by atoms with van der Waals surface area (Å²) in [6.07, 6.45) is 0. The van der Waals surface area contributed by atoms with Crippen molar-refractivity contribution >= 4 is 11.6 Å². The molecule has 0 aliphatic rings. The summed E-state index contributed by atoms with van der Waals surface area (Å²) in [6.45, 7) is 1.24. The second-order valence-electron chi connectivity index (χ2n) is 5.32. The lowest BCUT2D eigenvalue weighted by Crippen LogP contribution is -2.33. The number of likely N-dealkylation sites (N-methyl/N-ethyl adjacent to an activating group) is 1. The second kappa shape index (κ2) is 8.88. The number of rotatable bonds is 8. The van der Waals surface area contributed by atoms with E-state index in [2.05, 4.69) is 5.32 Å². The van der Waals surface area contributed by atoms with Gasteiger partial charge in [-0.25, -0.2) is 4.39 Å². The van der Waals surface area contributed by atoms with Gasteiger partial charge in [-0.15, -0.1) is 0 Å². The first-order valence-electron chi connectivity index (χ1n) is 7.57. The fourth-order valence-electron chi connectivity index (χ4n) is 2.05. The molecule has 0 aliphatic carbocycles. The van der Waals surface area contributed by atoms with Gasteiger partial charge in [0.05, 0.1) is 13.7 Å². The maximum atomic E-state index is 12.8. The molecule has 0 radical (unpaired) electrons. The van der Waals surface area contributed by atoms with Crippen LogP contribution in [0.3, 0.4) is 0 Å². The number of ether oxygens (including phenoxy) is 2. The number of anilines is 1. The van der Waals surface area contributed by atoms with Crippen LogP contribution in [0.25, 0.3) is 0 Å². The molecule has 2 aromatic rings. The lowest BCUT2D eigenvalue weighted by molar-refractivity contribution is -0.117. The summed E-state index contributed by atoms with van der Waals surface area (Å²) in [6, 6.07) is 13.0. The van der Waals surface area contributed by atoms with E-state index in [1.165, 1.54) is 12.1 Å². The van der Waals surface area contributed by atoms with Crippen molar-refractivity contribution in [2.24, 2.45) is 0 Å². The third-order valence-corrected chi connectivity index (χ3v) is 3.34. The van der Waals surface area contributed by atoms with Crippen molar-refractivity contribution in [2.75, 3.05) is 39.2 Å². The maximum absolute atomic E-state index is 12.8. The summed E-state index contributed by atoms with van der Waals surface area (Å²) in [5.41, 5.74) is 0.719. The van der Waals surface area contributed by atoms with Crippen molar-refractivity contribution in [3.63, 3.8) is 0 Å². The maximum Gasteiger partial charge on any atom is 0.238 e. The zero-order valence-corrected chi connectivity index (χ0v) is 13.8. The molecular formula is C18H21FN2O3. The van der Waals surface area contributed by atoms with E-state index < -0.39 is 0 Å². The number of hydrogen-bond donors (Lipinski definition) is 1. The van der Waals surface area contributed by atoms with Gasteiger partial charge in [-0.05, 0) is 55.6 Å². The van der Waals surface area contributed by atoms with E-state index in [0.29, 0.717) is 18.9 Å². The molecule has 1 N–H and O–H groups in total. The van der Waals surface area contributed by atoms with Gasteiger partial charge in [0, 0.05) is 12.2 Å². The van der Waals surface area contributed by atoms with Gasteiger partial charge in [0.25, 0.3) is 0 Å². The SMILES string of the molecule is COc1ccc(NC(=O)CN(C)CCOc2ccc(F)cc2)cc1. The molecule has 0 saturated carbocycles. The van der Waals surface area contributed by atoms with E-state index in [4.69, 9.17) is 9.47 Å². The van der Waals surface area contributed by atoms with Crippen LogP contribution in [0.5, 0.6) is 11.5 Å². The molecule has 24 heavy (non-hydrogen) atoms. The van der Waals surface area contributed by atoms with Gasteiger partial charge in [-0.1, -0.05) is 0 Å². The van der Waals surface area contributed by atoms with Crippen LogP contribution >= 0.6 is 0 Å². The summed E-state index contributed by atoms with van der Waals surface area (Å²) in [5.74, 6) is 0.940. The quantitative estimate of drug-likeness (QED) is 0.808. The molecule has 2 aromatic carbocycles. The average molecular weight is 332 g/mol. The molecule has 0 unspecified atom stereocenters. The number of nitrogens with zero attached hydrogens (tertiary/aromatic N) is 1. The molecule has 0 atom stereocenters. The molecular weight excluding hydrogens is 311 g/mol. The molecule has 1 amide bonds. The first-order chi connectivity index (χ1) is 11.6. The number of halogens is 1. The van der Waals surface area contributed by atoms with Crippen LogP contribution in [0, 0.1) is 5.82 Å². The fraction of sp³-hybridized carbons (Fsp3) is 0.278. The minimum Gasteiger partial charge on any atom is -0.497 e. The summed E-state index contributed by atoms with van der Waals surface area (Å²) in [7, 11) is 3.43. The molecule has 0 fully saturated rings. The smallest absolute Gasteiger partial charge is 0.238 e. The highest BCUT2D eigenvalue weighted by molar-refractivity contribution is 5.92. The summed E-state index contributed by atoms with van der Waals surface area (Å²) < 4.78 is 23.4. The van der Waals surface area contributed by atoms with Crippen molar-refractivity contribution in [1.29, 1.82) is 0 Å². The molecule has 0 aliphatic heterocycles. The highest BCUT2D eigenvalue weighted by Crippen LogP contribution is 2.15. The number of methoxy groups -OCH3 is 1. The van der Waals surface area contributed by atoms with Crippen molar-refractivity contribution < 1.29 is 18.7 Å². The predicted octanol–water partition coefficient (Wildman–Crippen LogP) is 2.78. The van der Waals surface area contributed by atoms with Crippen LogP contribution < -0.4 is 14.8 Å². The van der Waals surface area contributed by atoms with E-state index in [1.54, 1.807) is 43.5 Å². The normalized spacial score (nSPS) is 10.5. The number of nitrogens with one attached hydrogen (secondary N) is 1. The Labute approximate surface area is 141 Å². The second-order valence-corrected chi connectivity index (χ2v) is 5.32. The monoisotopic (exact) mass is 332 g/mol. The number of benzene rings is 2. The molecule has 2 rings (SSSR count). The van der Waals surface area contributed by atoms with Gasteiger partial charge in [-0.3, -0.25) is 9.69 Å². The van der Waals surface area contributed by atoms with E-state index in [0.717, 1.165) is 11.4 Å². The fourth-order valence-corrected chi connectivity index (χ4v) is 2.05. The first-order valence-corrected chi connectivity index (χ1v) is 7.57. The minimum absolute atomic E-state index is 0.107. The van der Waals surface area contributed by atoms with Crippen LogP contribution in [0.2, 0.25) is 0 Å². The van der Waals surface area contributed by atoms with Gasteiger partial charge in [0.2, 0.25) is 5.91 Å². The molecule has 5 nitrogen and oxygen atoms in total. The van der Waals surface area contributed by atoms with Crippen LogP contribution in [0.15, 0.2) is 48.5 Å². The van der Waals surface area contributed by atoms with Crippen molar-refractivity contribution in [1.82, 2.24) is 4.90 Å². The third kappa shape index (κ3) is 5.89. The zero-order chi connectivity index (χ0) is 17.4. The lowest BCUT2D eigenvalue weighted by Gasteiger charge is -2.16. The molecule has 0 bridgehead atoms. The largest absolute Gasteiger partial charge is 0.497 e. The number of carbonyl (C=O) groups is 1. The van der Waals surface area contributed by atoms with Gasteiger partial charge >= 0.3 is 0 Å². The van der Waals surface area contributed by atoms with Crippen molar-refractivity contribution in [2.45, 2.75) is 0 Å². The highest BCUT2D eigenvalue weighted by Gasteiger charge is 2.07. The topological polar surface area (TPSA) is 50.8 Å². The van der Waals surface area contributed by atoms with Crippen molar-refractivity contribution in [3.05, 3.63) is 54.3 Å². The summed E-state index contributed by atoms with van der Waals surface area (Å²) in [4.78, 5) is 13.8. The standard InChI is InChI=1S/C18H21FN2O3/c1-21(11-12-24-17-7-3-14(19)4-8-17)13-18(22)20-15-5-9-16(23-2)10-6-15/h3-10H,11-13H2,1-2H3,(H,20,22). The van der Waals surface area contributed by atoms with Crippen molar-refractivity contribution in [3.8, 4) is 11.5 Å². The van der Waals surface area contributed by atoms with Crippen LogP contribution in [-0.2, 0) is 4.79 Å². The average Bonchev–Trinajstić information content (AvgIpc) is 2.57. The summed E-state index contributed by atoms with van der Waals surface area (Å²) >= 11 is 0. The minimum atomic E-state index is -0.297. The molecule has 0 aromatic heterocycles. The number of hydrogen-bond acceptors (Lipinski definition) is 4. The Morgan fingerprint density at radius 3 is 2.33 bits per heavy atom. The molecule has 0 saturated heterocycles. The Kier molecular flexibility index (Phi) is 6.57. The van der Waals surface area contributed by atoms with E-state index in [1.807, 2.05) is 11.9 Å². The van der Waals surface area contributed by atoms with Gasteiger partial charge in [0.1, 0.15) is 23.9 Å². The molecule has 0 heterocycles. The first kappa shape index (κ1) is 17.7. The lowest BCUT2D eigenvalue weighted by atomic mass is 10.3. The Balaban J connectivity index is 1.69. The molecule has 0 spiro atoms. The molecule has 6 heteroatoms.